The first-order valence-electron chi connectivity index (χ1n) is 7.32. The van der Waals surface area contributed by atoms with Crippen LogP contribution in [0.4, 0.5) is 5.13 Å². The Morgan fingerprint density at radius 1 is 1.17 bits per heavy atom. The number of fused-ring (bicyclic) bond motifs is 1. The third kappa shape index (κ3) is 3.06. The van der Waals surface area contributed by atoms with Crippen LogP contribution in [0.1, 0.15) is 22.5 Å². The van der Waals surface area contributed by atoms with E-state index in [4.69, 9.17) is 16.3 Å². The summed E-state index contributed by atoms with van der Waals surface area (Å²) in [6, 6.07) is 8.92. The van der Waals surface area contributed by atoms with E-state index in [0.717, 1.165) is 28.4 Å². The summed E-state index contributed by atoms with van der Waals surface area (Å²) in [5.41, 5.74) is 0.941. The van der Waals surface area contributed by atoms with Crippen LogP contribution in [0.25, 0.3) is 10.2 Å². The summed E-state index contributed by atoms with van der Waals surface area (Å²) >= 11 is 8.70. The number of esters is 1. The van der Waals surface area contributed by atoms with E-state index in [2.05, 4.69) is 9.88 Å². The van der Waals surface area contributed by atoms with Gasteiger partial charge in [-0.05, 0) is 37.1 Å². The van der Waals surface area contributed by atoms with Crippen LogP contribution in [0.2, 0.25) is 4.34 Å². The van der Waals surface area contributed by atoms with Crippen molar-refractivity contribution in [1.29, 1.82) is 0 Å². The Kier molecular flexibility index (Phi) is 3.97. The largest absolute Gasteiger partial charge is 0.422 e. The highest BCUT2D eigenvalue weighted by Crippen LogP contribution is 2.33. The number of hydrogen-bond acceptors (Lipinski definition) is 6. The zero-order valence-electron chi connectivity index (χ0n) is 12.1. The highest BCUT2D eigenvalue weighted by atomic mass is 35.5. The molecule has 0 bridgehead atoms. The molecule has 3 heterocycles. The third-order valence-corrected chi connectivity index (χ3v) is 6.00. The summed E-state index contributed by atoms with van der Waals surface area (Å²) in [5.74, 6) is 0.147. The lowest BCUT2D eigenvalue weighted by Crippen LogP contribution is -2.16. The van der Waals surface area contributed by atoms with Crippen LogP contribution in [-0.2, 0) is 0 Å². The molecule has 0 unspecified atom stereocenters. The lowest BCUT2D eigenvalue weighted by Gasteiger charge is -2.11. The van der Waals surface area contributed by atoms with Crippen LogP contribution in [-0.4, -0.2) is 24.0 Å². The molecule has 118 valence electrons. The third-order valence-electron chi connectivity index (χ3n) is 3.71. The van der Waals surface area contributed by atoms with Gasteiger partial charge in [0, 0.05) is 19.2 Å². The number of ether oxygens (including phenoxy) is 1. The molecule has 0 spiro atoms. The molecule has 1 saturated heterocycles. The van der Waals surface area contributed by atoms with Gasteiger partial charge in [0.1, 0.15) is 10.6 Å². The van der Waals surface area contributed by atoms with Crippen molar-refractivity contribution in [3.63, 3.8) is 0 Å². The molecule has 23 heavy (non-hydrogen) atoms. The molecule has 1 aliphatic heterocycles. The fourth-order valence-electron chi connectivity index (χ4n) is 2.58. The first-order chi connectivity index (χ1) is 11.2. The number of anilines is 1. The number of halogens is 1. The number of rotatable bonds is 3. The maximum Gasteiger partial charge on any atom is 0.353 e. The molecule has 0 atom stereocenters. The van der Waals surface area contributed by atoms with Crippen LogP contribution in [0.3, 0.4) is 0 Å². The van der Waals surface area contributed by atoms with Crippen molar-refractivity contribution in [3.05, 3.63) is 39.5 Å². The van der Waals surface area contributed by atoms with Crippen molar-refractivity contribution in [3.8, 4) is 5.75 Å². The van der Waals surface area contributed by atoms with Crippen molar-refractivity contribution in [2.24, 2.45) is 0 Å². The summed E-state index contributed by atoms with van der Waals surface area (Å²) in [4.78, 5) is 19.6. The predicted octanol–water partition coefficient (Wildman–Crippen LogP) is 4.83. The molecule has 4 rings (SSSR count). The van der Waals surface area contributed by atoms with Crippen molar-refractivity contribution >= 4 is 55.6 Å². The summed E-state index contributed by atoms with van der Waals surface area (Å²) in [7, 11) is 0. The van der Waals surface area contributed by atoms with E-state index in [0.29, 0.717) is 15.0 Å². The van der Waals surface area contributed by atoms with E-state index in [1.54, 1.807) is 29.5 Å². The van der Waals surface area contributed by atoms with Crippen LogP contribution in [0.5, 0.6) is 5.75 Å². The van der Waals surface area contributed by atoms with Crippen LogP contribution in [0, 0.1) is 0 Å². The van der Waals surface area contributed by atoms with Gasteiger partial charge in [0.15, 0.2) is 5.13 Å². The minimum atomic E-state index is -0.384. The number of aromatic nitrogens is 1. The summed E-state index contributed by atoms with van der Waals surface area (Å²) in [6.45, 7) is 2.14. The van der Waals surface area contributed by atoms with Gasteiger partial charge in [-0.25, -0.2) is 9.78 Å². The molecular weight excluding hydrogens is 352 g/mol. The molecule has 0 aliphatic carbocycles. The standard InChI is InChI=1S/C16H13ClN2O2S2/c17-14-6-5-12(22-14)15(20)21-10-3-4-11-13(9-10)23-16(18-11)19-7-1-2-8-19/h3-6,9H,1-2,7-8H2. The quantitative estimate of drug-likeness (QED) is 0.493. The monoisotopic (exact) mass is 364 g/mol. The second-order valence-corrected chi connectivity index (χ2v) is 8.04. The first-order valence-corrected chi connectivity index (χ1v) is 9.33. The molecular formula is C16H13ClN2O2S2. The Bertz CT molecular complexity index is 868. The molecule has 0 saturated carbocycles. The van der Waals surface area contributed by atoms with Crippen molar-refractivity contribution in [2.75, 3.05) is 18.0 Å². The van der Waals surface area contributed by atoms with Crippen molar-refractivity contribution in [2.45, 2.75) is 12.8 Å². The van der Waals surface area contributed by atoms with E-state index >= 15 is 0 Å². The highest BCUT2D eigenvalue weighted by Gasteiger charge is 2.17. The van der Waals surface area contributed by atoms with E-state index in [1.807, 2.05) is 12.1 Å². The molecule has 0 radical (unpaired) electrons. The molecule has 3 aromatic rings. The van der Waals surface area contributed by atoms with Crippen LogP contribution < -0.4 is 9.64 Å². The number of nitrogens with zero attached hydrogens (tertiary/aromatic N) is 2. The SMILES string of the molecule is O=C(Oc1ccc2nc(N3CCCC3)sc2c1)c1ccc(Cl)s1. The number of thiophene rings is 1. The lowest BCUT2D eigenvalue weighted by molar-refractivity contribution is 0.0740. The smallest absolute Gasteiger partial charge is 0.353 e. The minimum Gasteiger partial charge on any atom is -0.422 e. The fraction of sp³-hybridized carbons (Fsp3) is 0.250. The van der Waals surface area contributed by atoms with Gasteiger partial charge in [-0.1, -0.05) is 22.9 Å². The van der Waals surface area contributed by atoms with E-state index in [9.17, 15) is 4.79 Å². The molecule has 2 aromatic heterocycles. The number of benzene rings is 1. The molecule has 1 fully saturated rings. The fourth-order valence-corrected chi connectivity index (χ4v) is 4.55. The first kappa shape index (κ1) is 14.9. The molecule has 0 N–H and O–H groups in total. The average molecular weight is 365 g/mol. The molecule has 4 nitrogen and oxygen atoms in total. The van der Waals surface area contributed by atoms with Gasteiger partial charge in [-0.2, -0.15) is 0 Å². The van der Waals surface area contributed by atoms with Crippen molar-refractivity contribution in [1.82, 2.24) is 4.98 Å². The average Bonchev–Trinajstić information content (AvgIpc) is 3.26. The molecule has 7 heteroatoms. The summed E-state index contributed by atoms with van der Waals surface area (Å²) in [5, 5.41) is 1.05. The molecule has 1 aromatic carbocycles. The Labute approximate surface area is 146 Å². The number of hydrogen-bond donors (Lipinski definition) is 0. The predicted molar refractivity (Wildman–Crippen MR) is 95.4 cm³/mol. The summed E-state index contributed by atoms with van der Waals surface area (Å²) in [6.07, 6.45) is 2.45. The van der Waals surface area contributed by atoms with Crippen LogP contribution in [0.15, 0.2) is 30.3 Å². The zero-order chi connectivity index (χ0) is 15.8. The Hall–Kier alpha value is -1.63. The van der Waals surface area contributed by atoms with E-state index < -0.39 is 0 Å². The molecule has 1 aliphatic rings. The topological polar surface area (TPSA) is 42.4 Å². The van der Waals surface area contributed by atoms with E-state index in [1.165, 1.54) is 24.2 Å². The minimum absolute atomic E-state index is 0.384. The molecule has 0 amide bonds. The van der Waals surface area contributed by atoms with Gasteiger partial charge in [0.05, 0.1) is 14.6 Å². The van der Waals surface area contributed by atoms with Gasteiger partial charge < -0.3 is 9.64 Å². The van der Waals surface area contributed by atoms with Gasteiger partial charge in [0.25, 0.3) is 0 Å². The van der Waals surface area contributed by atoms with Gasteiger partial charge >= 0.3 is 5.97 Å². The number of carbonyl (C=O) groups is 1. The second-order valence-electron chi connectivity index (χ2n) is 5.31. The number of thiazole rings is 1. The maximum atomic E-state index is 12.1. The maximum absolute atomic E-state index is 12.1. The van der Waals surface area contributed by atoms with Crippen LogP contribution >= 0.6 is 34.3 Å². The second kappa shape index (κ2) is 6.11. The lowest BCUT2D eigenvalue weighted by atomic mass is 10.3. The zero-order valence-corrected chi connectivity index (χ0v) is 14.5. The highest BCUT2D eigenvalue weighted by molar-refractivity contribution is 7.22. The Balaban J connectivity index is 1.57. The van der Waals surface area contributed by atoms with Crippen molar-refractivity contribution < 1.29 is 9.53 Å². The number of carbonyl (C=O) groups excluding carboxylic acids is 1. The van der Waals surface area contributed by atoms with Gasteiger partial charge in [-0.3, -0.25) is 0 Å². The Morgan fingerprint density at radius 2 is 2.00 bits per heavy atom. The normalized spacial score (nSPS) is 14.6. The van der Waals surface area contributed by atoms with Gasteiger partial charge in [-0.15, -0.1) is 11.3 Å². The Morgan fingerprint density at radius 3 is 2.74 bits per heavy atom. The summed E-state index contributed by atoms with van der Waals surface area (Å²) < 4.78 is 7.04. The van der Waals surface area contributed by atoms with Gasteiger partial charge in [0.2, 0.25) is 0 Å². The van der Waals surface area contributed by atoms with E-state index in [-0.39, 0.29) is 5.97 Å².